The number of rotatable bonds is 9. The van der Waals surface area contributed by atoms with E-state index in [1.165, 1.54) is 11.3 Å². The summed E-state index contributed by atoms with van der Waals surface area (Å²) in [7, 11) is 1.60. The maximum absolute atomic E-state index is 13.0. The second kappa shape index (κ2) is 10.8. The van der Waals surface area contributed by atoms with E-state index < -0.39 is 6.04 Å². The molecule has 174 valence electrons. The highest BCUT2D eigenvalue weighted by molar-refractivity contribution is 7.20. The van der Waals surface area contributed by atoms with E-state index in [4.69, 9.17) is 4.74 Å². The fourth-order valence-corrected chi connectivity index (χ4v) is 5.13. The molecule has 1 aliphatic heterocycles. The molecule has 1 aromatic carbocycles. The summed E-state index contributed by atoms with van der Waals surface area (Å²) < 4.78 is 6.35. The Balaban J connectivity index is 1.66. The van der Waals surface area contributed by atoms with Crippen molar-refractivity contribution in [2.45, 2.75) is 58.5 Å². The topological polar surface area (TPSA) is 96.5 Å². The van der Waals surface area contributed by atoms with Gasteiger partial charge in [0.25, 0.3) is 5.91 Å². The molecule has 1 fully saturated rings. The van der Waals surface area contributed by atoms with Gasteiger partial charge in [0, 0.05) is 28.6 Å². The van der Waals surface area contributed by atoms with E-state index in [0.29, 0.717) is 17.7 Å². The van der Waals surface area contributed by atoms with Crippen LogP contribution in [0.2, 0.25) is 0 Å². The first kappa shape index (κ1) is 24.0. The third-order valence-electron chi connectivity index (χ3n) is 5.72. The number of thiophene rings is 1. The molecule has 0 radical (unpaired) electrons. The van der Waals surface area contributed by atoms with Crippen LogP contribution in [0.4, 0.5) is 0 Å². The summed E-state index contributed by atoms with van der Waals surface area (Å²) in [5.41, 5.74) is 0. The summed E-state index contributed by atoms with van der Waals surface area (Å²) in [6.07, 6.45) is 2.93. The molecule has 1 aliphatic rings. The van der Waals surface area contributed by atoms with Gasteiger partial charge in [-0.1, -0.05) is 19.9 Å². The maximum Gasteiger partial charge on any atom is 0.262 e. The highest BCUT2D eigenvalue weighted by atomic mass is 32.1. The van der Waals surface area contributed by atoms with Crippen molar-refractivity contribution in [3.63, 3.8) is 0 Å². The largest absolute Gasteiger partial charge is 0.496 e. The van der Waals surface area contributed by atoms with E-state index in [2.05, 4.69) is 16.0 Å². The van der Waals surface area contributed by atoms with Gasteiger partial charge in [0.15, 0.2) is 0 Å². The van der Waals surface area contributed by atoms with Gasteiger partial charge < -0.3 is 20.7 Å². The molecule has 2 aromatic rings. The Labute approximate surface area is 193 Å². The van der Waals surface area contributed by atoms with Crippen LogP contribution in [0.25, 0.3) is 10.1 Å². The zero-order valence-corrected chi connectivity index (χ0v) is 20.0. The number of benzene rings is 1. The lowest BCUT2D eigenvalue weighted by molar-refractivity contribution is -0.128. The first-order valence-corrected chi connectivity index (χ1v) is 12.1. The van der Waals surface area contributed by atoms with Crippen LogP contribution in [0.3, 0.4) is 0 Å². The second-order valence-corrected chi connectivity index (χ2v) is 10.00. The molecule has 7 nitrogen and oxygen atoms in total. The van der Waals surface area contributed by atoms with E-state index in [9.17, 15) is 14.4 Å². The van der Waals surface area contributed by atoms with Crippen molar-refractivity contribution in [1.82, 2.24) is 16.0 Å². The van der Waals surface area contributed by atoms with Crippen LogP contribution in [0.15, 0.2) is 24.3 Å². The number of hydrogen-bond donors (Lipinski definition) is 3. The lowest BCUT2D eigenvalue weighted by Gasteiger charge is -2.27. The molecule has 3 atom stereocenters. The molecule has 3 N–H and O–H groups in total. The monoisotopic (exact) mass is 459 g/mol. The summed E-state index contributed by atoms with van der Waals surface area (Å²) in [4.78, 5) is 38.6. The predicted molar refractivity (Wildman–Crippen MR) is 127 cm³/mol. The van der Waals surface area contributed by atoms with E-state index in [-0.39, 0.29) is 35.6 Å². The standard InChI is InChI=1S/C24H33N3O4S/c1-14(2)11-18(23(29)26-15(3)12-16-7-6-10-25-22(16)28)27-24(30)21-13-17-19(31-4)8-5-9-20(17)32-21/h5,8-9,13-16,18H,6-7,10-12H2,1-4H3,(H,25,28)(H,26,29)(H,27,30)/t15-,16+,18+/m1/s1. The molecule has 2 heterocycles. The number of hydrogen-bond acceptors (Lipinski definition) is 5. The molecule has 0 saturated carbocycles. The smallest absolute Gasteiger partial charge is 0.262 e. The first-order chi connectivity index (χ1) is 15.3. The Morgan fingerprint density at radius 3 is 2.72 bits per heavy atom. The van der Waals surface area contributed by atoms with Crippen molar-refractivity contribution in [3.05, 3.63) is 29.1 Å². The molecular weight excluding hydrogens is 426 g/mol. The lowest BCUT2D eigenvalue weighted by Crippen LogP contribution is -2.50. The van der Waals surface area contributed by atoms with Crippen molar-refractivity contribution in [2.24, 2.45) is 11.8 Å². The van der Waals surface area contributed by atoms with Gasteiger partial charge in [-0.2, -0.15) is 0 Å². The molecule has 0 spiro atoms. The Morgan fingerprint density at radius 2 is 2.03 bits per heavy atom. The molecule has 8 heteroatoms. The van der Waals surface area contributed by atoms with Gasteiger partial charge in [-0.15, -0.1) is 11.3 Å². The Hall–Kier alpha value is -2.61. The molecule has 3 amide bonds. The van der Waals surface area contributed by atoms with Crippen LogP contribution in [0, 0.1) is 11.8 Å². The molecule has 1 aromatic heterocycles. The minimum absolute atomic E-state index is 0.0598. The van der Waals surface area contributed by atoms with E-state index in [0.717, 1.165) is 35.2 Å². The van der Waals surface area contributed by atoms with Crippen LogP contribution in [0.5, 0.6) is 5.75 Å². The van der Waals surface area contributed by atoms with Gasteiger partial charge in [-0.3, -0.25) is 14.4 Å². The number of amides is 3. The van der Waals surface area contributed by atoms with Gasteiger partial charge in [0.2, 0.25) is 11.8 Å². The number of carbonyl (C=O) groups excluding carboxylic acids is 3. The van der Waals surface area contributed by atoms with Crippen molar-refractivity contribution in [2.75, 3.05) is 13.7 Å². The average Bonchev–Trinajstić information content (AvgIpc) is 3.19. The second-order valence-electron chi connectivity index (χ2n) is 8.91. The van der Waals surface area contributed by atoms with Crippen molar-refractivity contribution >= 4 is 39.1 Å². The fourth-order valence-electron chi connectivity index (χ4n) is 4.15. The summed E-state index contributed by atoms with van der Waals surface area (Å²) >= 11 is 1.38. The number of fused-ring (bicyclic) bond motifs is 1. The zero-order valence-electron chi connectivity index (χ0n) is 19.2. The fraction of sp³-hybridized carbons (Fsp3) is 0.542. The number of nitrogens with one attached hydrogen (secondary N) is 3. The molecule has 0 aliphatic carbocycles. The van der Waals surface area contributed by atoms with Gasteiger partial charge in [-0.05, 0) is 56.7 Å². The van der Waals surface area contributed by atoms with Crippen LogP contribution in [-0.4, -0.2) is 43.5 Å². The predicted octanol–water partition coefficient (Wildman–Crippen LogP) is 3.48. The summed E-state index contributed by atoms with van der Waals surface area (Å²) in [6, 6.07) is 6.71. The molecular formula is C24H33N3O4S. The number of carbonyl (C=O) groups is 3. The van der Waals surface area contributed by atoms with Gasteiger partial charge in [0.1, 0.15) is 11.8 Å². The Kier molecular flexibility index (Phi) is 8.12. The van der Waals surface area contributed by atoms with E-state index in [1.54, 1.807) is 7.11 Å². The van der Waals surface area contributed by atoms with Crippen LogP contribution in [-0.2, 0) is 9.59 Å². The summed E-state index contributed by atoms with van der Waals surface area (Å²) in [6.45, 7) is 6.67. The van der Waals surface area contributed by atoms with Crippen molar-refractivity contribution < 1.29 is 19.1 Å². The third-order valence-corrected chi connectivity index (χ3v) is 6.82. The average molecular weight is 460 g/mol. The number of methoxy groups -OCH3 is 1. The normalized spacial score (nSPS) is 18.2. The van der Waals surface area contributed by atoms with Crippen LogP contribution < -0.4 is 20.7 Å². The Morgan fingerprint density at radius 1 is 1.25 bits per heavy atom. The third kappa shape index (κ3) is 6.00. The quantitative estimate of drug-likeness (QED) is 0.535. The SMILES string of the molecule is COc1cccc2sc(C(=O)N[C@@H](CC(C)C)C(=O)N[C@H](C)C[C@@H]3CCCNC3=O)cc12. The summed E-state index contributed by atoms with van der Waals surface area (Å²) in [5.74, 6) is 0.445. The van der Waals surface area contributed by atoms with Gasteiger partial charge >= 0.3 is 0 Å². The number of ether oxygens (including phenoxy) is 1. The van der Waals surface area contributed by atoms with E-state index in [1.807, 2.05) is 45.0 Å². The van der Waals surface area contributed by atoms with Crippen molar-refractivity contribution in [1.29, 1.82) is 0 Å². The van der Waals surface area contributed by atoms with Gasteiger partial charge in [-0.25, -0.2) is 0 Å². The highest BCUT2D eigenvalue weighted by Gasteiger charge is 2.28. The zero-order chi connectivity index (χ0) is 23.3. The Bertz CT molecular complexity index is 971. The molecule has 1 saturated heterocycles. The lowest BCUT2D eigenvalue weighted by atomic mass is 9.92. The number of piperidine rings is 1. The van der Waals surface area contributed by atoms with E-state index >= 15 is 0 Å². The van der Waals surface area contributed by atoms with Crippen molar-refractivity contribution in [3.8, 4) is 5.75 Å². The van der Waals surface area contributed by atoms with Gasteiger partial charge in [0.05, 0.1) is 12.0 Å². The summed E-state index contributed by atoms with van der Waals surface area (Å²) in [5, 5.41) is 9.69. The molecule has 32 heavy (non-hydrogen) atoms. The maximum atomic E-state index is 13.0. The molecule has 3 rings (SSSR count). The van der Waals surface area contributed by atoms with Crippen LogP contribution in [0.1, 0.15) is 56.1 Å². The van der Waals surface area contributed by atoms with Crippen LogP contribution >= 0.6 is 11.3 Å². The minimum atomic E-state index is -0.641. The molecule has 0 bridgehead atoms. The first-order valence-electron chi connectivity index (χ1n) is 11.2. The minimum Gasteiger partial charge on any atom is -0.496 e. The molecule has 0 unspecified atom stereocenters. The highest BCUT2D eigenvalue weighted by Crippen LogP contribution is 2.32.